The summed E-state index contributed by atoms with van der Waals surface area (Å²) >= 11 is 0. The minimum absolute atomic E-state index is 0.0187. The highest BCUT2D eigenvalue weighted by Gasteiger charge is 2.36. The van der Waals surface area contributed by atoms with Gasteiger partial charge in [0, 0.05) is 61.8 Å². The van der Waals surface area contributed by atoms with E-state index < -0.39 is 17.2 Å². The molecule has 2 N–H and O–H groups in total. The van der Waals surface area contributed by atoms with Crippen molar-refractivity contribution in [1.82, 2.24) is 19.7 Å². The van der Waals surface area contributed by atoms with Crippen LogP contribution in [0.25, 0.3) is 0 Å². The third-order valence-electron chi connectivity index (χ3n) is 7.00. The Morgan fingerprint density at radius 1 is 1.02 bits per heavy atom. The molecule has 1 aliphatic rings. The molecule has 40 heavy (non-hydrogen) atoms. The maximum atomic E-state index is 14.7. The molecule has 1 aliphatic heterocycles. The molecule has 5 rings (SSSR count). The van der Waals surface area contributed by atoms with Gasteiger partial charge >= 0.3 is 0 Å². The molecule has 1 atom stereocenters. The lowest BCUT2D eigenvalue weighted by atomic mass is 9.92. The summed E-state index contributed by atoms with van der Waals surface area (Å²) in [6.45, 7) is 2.80. The molecule has 0 bridgehead atoms. The second-order valence-electron chi connectivity index (χ2n) is 9.68. The lowest BCUT2D eigenvalue weighted by molar-refractivity contribution is -0.0227. The fourth-order valence-electron chi connectivity index (χ4n) is 4.91. The van der Waals surface area contributed by atoms with Gasteiger partial charge in [0.2, 0.25) is 0 Å². The highest BCUT2D eigenvalue weighted by Crippen LogP contribution is 2.30. The Kier molecular flexibility index (Phi) is 8.04. The number of phenolic OH excluding ortho intramolecular Hbond substituents is 1. The maximum Gasteiger partial charge on any atom is 0.166 e. The summed E-state index contributed by atoms with van der Waals surface area (Å²) in [6.07, 6.45) is 4.40. The number of methoxy groups -OCH3 is 1. The number of aliphatic hydroxyl groups is 1. The molecule has 11 heteroatoms. The number of anilines is 1. The van der Waals surface area contributed by atoms with E-state index in [0.29, 0.717) is 37.5 Å². The molecular formula is C29H30F2N6O3. The lowest BCUT2D eigenvalue weighted by Crippen LogP contribution is -2.52. The van der Waals surface area contributed by atoms with Crippen LogP contribution in [-0.2, 0) is 12.1 Å². The normalized spacial score (nSPS) is 15.8. The Balaban J connectivity index is 1.23. The van der Waals surface area contributed by atoms with Gasteiger partial charge in [-0.15, -0.1) is 0 Å². The minimum Gasteiger partial charge on any atom is -0.504 e. The average Bonchev–Trinajstić information content (AvgIpc) is 3.46. The monoisotopic (exact) mass is 548 g/mol. The van der Waals surface area contributed by atoms with Crippen LogP contribution in [-0.4, -0.2) is 75.9 Å². The topological polar surface area (TPSA) is 99.2 Å². The van der Waals surface area contributed by atoms with E-state index in [1.54, 1.807) is 24.4 Å². The first-order valence-electron chi connectivity index (χ1n) is 12.8. The van der Waals surface area contributed by atoms with Gasteiger partial charge in [-0.3, -0.25) is 9.89 Å². The predicted octanol–water partition coefficient (Wildman–Crippen LogP) is 3.73. The number of hydrogen-bond donors (Lipinski definition) is 2. The molecular weight excluding hydrogens is 518 g/mol. The fraction of sp³-hybridized carbons (Fsp3) is 0.276. The number of rotatable bonds is 9. The zero-order valence-electron chi connectivity index (χ0n) is 22.0. The molecule has 0 saturated carbocycles. The van der Waals surface area contributed by atoms with Crippen molar-refractivity contribution in [3.8, 4) is 11.5 Å². The van der Waals surface area contributed by atoms with E-state index in [1.165, 1.54) is 30.5 Å². The number of aromatic hydroxyl groups is 1. The summed E-state index contributed by atoms with van der Waals surface area (Å²) in [5.74, 6) is -1.07. The van der Waals surface area contributed by atoms with Crippen LogP contribution in [0, 0.1) is 11.6 Å². The number of phenols is 1. The van der Waals surface area contributed by atoms with Gasteiger partial charge in [0.15, 0.2) is 11.5 Å². The van der Waals surface area contributed by atoms with Crippen molar-refractivity contribution in [3.05, 3.63) is 96.1 Å². The van der Waals surface area contributed by atoms with Gasteiger partial charge in [-0.2, -0.15) is 5.10 Å². The van der Waals surface area contributed by atoms with E-state index >= 15 is 0 Å². The number of aromatic nitrogens is 3. The van der Waals surface area contributed by atoms with Crippen molar-refractivity contribution in [2.45, 2.75) is 12.1 Å². The van der Waals surface area contributed by atoms with Crippen LogP contribution in [0.3, 0.4) is 0 Å². The van der Waals surface area contributed by atoms with Crippen LogP contribution in [0.5, 0.6) is 11.5 Å². The number of ether oxygens (including phenoxy) is 1. The van der Waals surface area contributed by atoms with Crippen molar-refractivity contribution < 1.29 is 23.7 Å². The SMILES string of the molecule is COc1cccc(C=Nc2ccc(N3CCN(CC(O)(Cn4cncn4)c4ccc(F)cc4F)CC3)cc2)c1O. The van der Waals surface area contributed by atoms with E-state index in [9.17, 15) is 19.0 Å². The van der Waals surface area contributed by atoms with Crippen LogP contribution in [0.2, 0.25) is 0 Å². The quantitative estimate of drug-likeness (QED) is 0.308. The van der Waals surface area contributed by atoms with Gasteiger partial charge in [-0.1, -0.05) is 12.1 Å². The molecule has 2 heterocycles. The summed E-state index contributed by atoms with van der Waals surface area (Å²) in [6, 6.07) is 16.2. The summed E-state index contributed by atoms with van der Waals surface area (Å²) in [4.78, 5) is 12.7. The van der Waals surface area contributed by atoms with E-state index in [2.05, 4.69) is 24.9 Å². The van der Waals surface area contributed by atoms with Crippen LogP contribution in [0.4, 0.5) is 20.2 Å². The first-order valence-corrected chi connectivity index (χ1v) is 12.8. The highest BCUT2D eigenvalue weighted by atomic mass is 19.1. The molecule has 1 aromatic heterocycles. The van der Waals surface area contributed by atoms with Crippen molar-refractivity contribution in [2.24, 2.45) is 4.99 Å². The number of nitrogens with zero attached hydrogens (tertiary/aromatic N) is 6. The number of β-amino-alcohol motifs (C(OH)–C–C–N with tert-alkyl or cyclic N) is 1. The van der Waals surface area contributed by atoms with Crippen molar-refractivity contribution in [1.29, 1.82) is 0 Å². The number of aliphatic imine (C=N–C) groups is 1. The number of para-hydroxylation sites is 1. The van der Waals surface area contributed by atoms with E-state index in [4.69, 9.17) is 4.74 Å². The Hall–Kier alpha value is -4.35. The van der Waals surface area contributed by atoms with E-state index in [-0.39, 0.29) is 24.4 Å². The van der Waals surface area contributed by atoms with Gasteiger partial charge in [-0.25, -0.2) is 18.4 Å². The first-order chi connectivity index (χ1) is 19.3. The van der Waals surface area contributed by atoms with Crippen molar-refractivity contribution >= 4 is 17.6 Å². The molecule has 4 aromatic rings. The Labute approximate surface area is 230 Å². The Bertz CT molecular complexity index is 1460. The minimum atomic E-state index is -1.63. The number of hydrogen-bond acceptors (Lipinski definition) is 8. The average molecular weight is 549 g/mol. The van der Waals surface area contributed by atoms with Gasteiger partial charge in [0.1, 0.15) is 29.9 Å². The van der Waals surface area contributed by atoms with Crippen molar-refractivity contribution in [3.63, 3.8) is 0 Å². The lowest BCUT2D eigenvalue weighted by Gasteiger charge is -2.40. The second-order valence-corrected chi connectivity index (χ2v) is 9.68. The van der Waals surface area contributed by atoms with Crippen LogP contribution >= 0.6 is 0 Å². The number of benzene rings is 3. The van der Waals surface area contributed by atoms with Crippen LogP contribution in [0.15, 0.2) is 78.3 Å². The second kappa shape index (κ2) is 11.8. The van der Waals surface area contributed by atoms with Gasteiger partial charge in [-0.05, 0) is 42.5 Å². The molecule has 1 saturated heterocycles. The predicted molar refractivity (Wildman–Crippen MR) is 147 cm³/mol. The standard InChI is InChI=1S/C29H30F2N6O3/c1-40-27-4-2-3-21(28(27)38)16-33-23-6-8-24(9-7-23)36-13-11-35(12-14-36)17-29(39,18-37-20-32-19-34-37)25-10-5-22(30)15-26(25)31/h2-10,15-16,19-20,38-39H,11-14,17-18H2,1H3. The van der Waals surface area contributed by atoms with Gasteiger partial charge < -0.3 is 19.8 Å². The largest absolute Gasteiger partial charge is 0.504 e. The zero-order chi connectivity index (χ0) is 28.1. The molecule has 208 valence electrons. The van der Waals surface area contributed by atoms with Gasteiger partial charge in [0.05, 0.1) is 19.3 Å². The smallest absolute Gasteiger partial charge is 0.166 e. The van der Waals surface area contributed by atoms with Crippen LogP contribution < -0.4 is 9.64 Å². The fourth-order valence-corrected chi connectivity index (χ4v) is 4.91. The Morgan fingerprint density at radius 2 is 1.80 bits per heavy atom. The summed E-state index contributed by atoms with van der Waals surface area (Å²) in [5.41, 5.74) is 0.716. The van der Waals surface area contributed by atoms with E-state index in [0.717, 1.165) is 23.5 Å². The molecule has 0 radical (unpaired) electrons. The maximum absolute atomic E-state index is 14.7. The molecule has 1 unspecified atom stereocenters. The number of piperazine rings is 1. The molecule has 3 aromatic carbocycles. The Morgan fingerprint density at radius 3 is 2.48 bits per heavy atom. The molecule has 0 spiro atoms. The van der Waals surface area contributed by atoms with E-state index in [1.807, 2.05) is 24.3 Å². The molecule has 0 amide bonds. The summed E-state index contributed by atoms with van der Waals surface area (Å²) < 4.78 is 34.9. The summed E-state index contributed by atoms with van der Waals surface area (Å²) in [7, 11) is 1.50. The summed E-state index contributed by atoms with van der Waals surface area (Å²) in [5, 5.41) is 25.9. The number of halogens is 2. The van der Waals surface area contributed by atoms with Crippen LogP contribution in [0.1, 0.15) is 11.1 Å². The molecule has 0 aliphatic carbocycles. The van der Waals surface area contributed by atoms with Crippen molar-refractivity contribution in [2.75, 3.05) is 44.7 Å². The zero-order valence-corrected chi connectivity index (χ0v) is 22.0. The molecule has 9 nitrogen and oxygen atoms in total. The third-order valence-corrected chi connectivity index (χ3v) is 7.00. The van der Waals surface area contributed by atoms with Gasteiger partial charge in [0.25, 0.3) is 0 Å². The first kappa shape index (κ1) is 27.2. The molecule has 1 fully saturated rings. The third kappa shape index (κ3) is 6.11. The highest BCUT2D eigenvalue weighted by molar-refractivity contribution is 5.86.